The van der Waals surface area contributed by atoms with Crippen molar-refractivity contribution in [2.75, 3.05) is 13.4 Å². The van der Waals surface area contributed by atoms with Gasteiger partial charge in [0.15, 0.2) is 6.79 Å². The van der Waals surface area contributed by atoms with E-state index < -0.39 is 0 Å². The number of ether oxygens (including phenoxy) is 2. The molecular weight excluding hydrogens is 180 g/mol. The number of allylic oxidation sites excluding steroid dienone is 3. The first kappa shape index (κ1) is 11.0. The molecule has 1 aliphatic rings. The molecule has 0 saturated heterocycles. The highest BCUT2D eigenvalue weighted by Crippen LogP contribution is 2.31. The molecule has 0 aliphatic heterocycles. The lowest BCUT2D eigenvalue weighted by molar-refractivity contribution is -0.143. The molecule has 0 aromatic carbocycles. The fourth-order valence-electron chi connectivity index (χ4n) is 1.50. The summed E-state index contributed by atoms with van der Waals surface area (Å²) in [7, 11) is 0. The molecule has 0 aromatic rings. The van der Waals surface area contributed by atoms with Crippen molar-refractivity contribution in [2.45, 2.75) is 19.8 Å². The SMILES string of the molecule is CCC1(COCOC=O)C=CC=CC1. The van der Waals surface area contributed by atoms with Gasteiger partial charge in [-0.2, -0.15) is 0 Å². The zero-order valence-corrected chi connectivity index (χ0v) is 8.44. The van der Waals surface area contributed by atoms with E-state index in [1.54, 1.807) is 0 Å². The van der Waals surface area contributed by atoms with Gasteiger partial charge < -0.3 is 9.47 Å². The lowest BCUT2D eigenvalue weighted by atomic mass is 9.80. The number of carbonyl (C=O) groups is 1. The van der Waals surface area contributed by atoms with Crippen molar-refractivity contribution < 1.29 is 14.3 Å². The summed E-state index contributed by atoms with van der Waals surface area (Å²) in [6.45, 7) is 3.17. The van der Waals surface area contributed by atoms with E-state index in [1.807, 2.05) is 12.2 Å². The maximum absolute atomic E-state index is 9.88. The van der Waals surface area contributed by atoms with E-state index in [1.165, 1.54) is 0 Å². The van der Waals surface area contributed by atoms with Crippen LogP contribution in [0.4, 0.5) is 0 Å². The van der Waals surface area contributed by atoms with E-state index in [0.29, 0.717) is 13.1 Å². The quantitative estimate of drug-likeness (QED) is 0.370. The Morgan fingerprint density at radius 3 is 2.93 bits per heavy atom. The summed E-state index contributed by atoms with van der Waals surface area (Å²) in [5.74, 6) is 0. The molecule has 1 unspecified atom stereocenters. The Hall–Kier alpha value is -1.09. The van der Waals surface area contributed by atoms with Gasteiger partial charge in [0.1, 0.15) is 0 Å². The van der Waals surface area contributed by atoms with Gasteiger partial charge in [0.05, 0.1) is 6.61 Å². The number of rotatable bonds is 6. The molecule has 0 N–H and O–H groups in total. The van der Waals surface area contributed by atoms with Gasteiger partial charge in [-0.25, -0.2) is 0 Å². The van der Waals surface area contributed by atoms with Gasteiger partial charge in [0, 0.05) is 5.41 Å². The summed E-state index contributed by atoms with van der Waals surface area (Å²) in [6, 6.07) is 0. The maximum atomic E-state index is 9.88. The number of hydrogen-bond donors (Lipinski definition) is 0. The molecule has 0 heterocycles. The normalized spacial score (nSPS) is 24.9. The molecule has 0 spiro atoms. The molecule has 78 valence electrons. The first-order valence-corrected chi connectivity index (χ1v) is 4.80. The molecule has 0 saturated carbocycles. The van der Waals surface area contributed by atoms with Crippen LogP contribution in [0, 0.1) is 5.41 Å². The van der Waals surface area contributed by atoms with Crippen LogP contribution in [0.15, 0.2) is 24.3 Å². The minimum absolute atomic E-state index is 0.0444. The molecule has 1 rings (SSSR count). The third kappa shape index (κ3) is 3.00. The van der Waals surface area contributed by atoms with Crippen LogP contribution in [0.5, 0.6) is 0 Å². The van der Waals surface area contributed by atoms with Crippen LogP contribution in [-0.2, 0) is 14.3 Å². The molecule has 0 radical (unpaired) electrons. The van der Waals surface area contributed by atoms with Crippen LogP contribution < -0.4 is 0 Å². The summed E-state index contributed by atoms with van der Waals surface area (Å²) in [6.07, 6.45) is 10.4. The van der Waals surface area contributed by atoms with Crippen LogP contribution in [0.2, 0.25) is 0 Å². The molecule has 0 fully saturated rings. The van der Waals surface area contributed by atoms with Gasteiger partial charge in [0.2, 0.25) is 0 Å². The maximum Gasteiger partial charge on any atom is 0.295 e. The van der Waals surface area contributed by atoms with Crippen LogP contribution in [0.3, 0.4) is 0 Å². The number of carbonyl (C=O) groups excluding carboxylic acids is 1. The molecule has 14 heavy (non-hydrogen) atoms. The Bertz CT molecular complexity index is 233. The van der Waals surface area contributed by atoms with Crippen LogP contribution in [-0.4, -0.2) is 19.9 Å². The van der Waals surface area contributed by atoms with Gasteiger partial charge in [0.25, 0.3) is 6.47 Å². The molecule has 0 amide bonds. The first-order chi connectivity index (χ1) is 6.83. The minimum Gasteiger partial charge on any atom is -0.441 e. The Balaban J connectivity index is 2.34. The fourth-order valence-corrected chi connectivity index (χ4v) is 1.50. The van der Waals surface area contributed by atoms with Gasteiger partial charge in [-0.05, 0) is 12.8 Å². The Morgan fingerprint density at radius 1 is 1.50 bits per heavy atom. The lowest BCUT2D eigenvalue weighted by Crippen LogP contribution is -2.25. The van der Waals surface area contributed by atoms with Crippen LogP contribution >= 0.6 is 0 Å². The average molecular weight is 196 g/mol. The summed E-state index contributed by atoms with van der Waals surface area (Å²) in [5.41, 5.74) is 0.0843. The lowest BCUT2D eigenvalue weighted by Gasteiger charge is -2.29. The summed E-state index contributed by atoms with van der Waals surface area (Å²) < 4.78 is 9.74. The first-order valence-electron chi connectivity index (χ1n) is 4.80. The Kier molecular flexibility index (Phi) is 4.40. The predicted molar refractivity (Wildman–Crippen MR) is 53.6 cm³/mol. The van der Waals surface area contributed by atoms with Gasteiger partial charge in [-0.1, -0.05) is 31.2 Å². The molecule has 0 bridgehead atoms. The molecule has 1 aliphatic carbocycles. The summed E-state index contributed by atoms with van der Waals surface area (Å²) >= 11 is 0. The average Bonchev–Trinajstić information content (AvgIpc) is 2.26. The highest BCUT2D eigenvalue weighted by molar-refractivity contribution is 5.36. The van der Waals surface area contributed by atoms with Crippen LogP contribution in [0.25, 0.3) is 0 Å². The molecule has 3 heteroatoms. The standard InChI is InChI=1S/C11H16O3/c1-2-11(6-4-3-5-7-11)8-13-10-14-9-12/h3-6,9H,2,7-8,10H2,1H3. The van der Waals surface area contributed by atoms with Crippen molar-refractivity contribution in [3.63, 3.8) is 0 Å². The van der Waals surface area contributed by atoms with E-state index in [-0.39, 0.29) is 12.2 Å². The van der Waals surface area contributed by atoms with Crippen molar-refractivity contribution in [3.05, 3.63) is 24.3 Å². The fraction of sp³-hybridized carbons (Fsp3) is 0.545. The molecule has 3 nitrogen and oxygen atoms in total. The smallest absolute Gasteiger partial charge is 0.295 e. The third-order valence-electron chi connectivity index (χ3n) is 2.53. The number of hydrogen-bond acceptors (Lipinski definition) is 3. The summed E-state index contributed by atoms with van der Waals surface area (Å²) in [4.78, 5) is 9.88. The van der Waals surface area contributed by atoms with Crippen molar-refractivity contribution in [3.8, 4) is 0 Å². The summed E-state index contributed by atoms with van der Waals surface area (Å²) in [5, 5.41) is 0. The highest BCUT2D eigenvalue weighted by atomic mass is 16.7. The second-order valence-electron chi connectivity index (χ2n) is 3.44. The van der Waals surface area contributed by atoms with Crippen molar-refractivity contribution in [1.29, 1.82) is 0 Å². The van der Waals surface area contributed by atoms with Crippen molar-refractivity contribution in [1.82, 2.24) is 0 Å². The van der Waals surface area contributed by atoms with E-state index in [0.717, 1.165) is 12.8 Å². The van der Waals surface area contributed by atoms with Gasteiger partial charge in [-0.15, -0.1) is 0 Å². The predicted octanol–water partition coefficient (Wildman–Crippen LogP) is 2.05. The molecule has 1 atom stereocenters. The minimum atomic E-state index is 0.0444. The second-order valence-corrected chi connectivity index (χ2v) is 3.44. The van der Waals surface area contributed by atoms with Crippen LogP contribution in [0.1, 0.15) is 19.8 Å². The van der Waals surface area contributed by atoms with Crippen molar-refractivity contribution >= 4 is 6.47 Å². The monoisotopic (exact) mass is 196 g/mol. The molecule has 0 aromatic heterocycles. The largest absolute Gasteiger partial charge is 0.441 e. The molecular formula is C11H16O3. The van der Waals surface area contributed by atoms with E-state index in [9.17, 15) is 4.79 Å². The van der Waals surface area contributed by atoms with E-state index in [4.69, 9.17) is 4.74 Å². The second kappa shape index (κ2) is 5.60. The van der Waals surface area contributed by atoms with Crippen molar-refractivity contribution in [2.24, 2.45) is 5.41 Å². The van der Waals surface area contributed by atoms with Gasteiger partial charge >= 0.3 is 0 Å². The zero-order chi connectivity index (χ0) is 10.3. The Labute approximate surface area is 84.4 Å². The topological polar surface area (TPSA) is 35.5 Å². The Morgan fingerprint density at radius 2 is 2.36 bits per heavy atom. The highest BCUT2D eigenvalue weighted by Gasteiger charge is 2.25. The third-order valence-corrected chi connectivity index (χ3v) is 2.53. The van der Waals surface area contributed by atoms with E-state index in [2.05, 4.69) is 23.8 Å². The van der Waals surface area contributed by atoms with Gasteiger partial charge in [-0.3, -0.25) is 4.79 Å². The zero-order valence-electron chi connectivity index (χ0n) is 8.44. The van der Waals surface area contributed by atoms with E-state index >= 15 is 0 Å².